The van der Waals surface area contributed by atoms with Crippen LogP contribution < -0.4 is 5.32 Å². The second-order valence-corrected chi connectivity index (χ2v) is 3.27. The lowest BCUT2D eigenvalue weighted by molar-refractivity contribution is 0.253. The molecule has 4 heteroatoms. The molecule has 0 saturated heterocycles. The van der Waals surface area contributed by atoms with Gasteiger partial charge in [-0.25, -0.2) is 4.79 Å². The van der Waals surface area contributed by atoms with Crippen molar-refractivity contribution < 1.29 is 4.79 Å². The summed E-state index contributed by atoms with van der Waals surface area (Å²) in [6.45, 7) is 1.91. The summed E-state index contributed by atoms with van der Waals surface area (Å²) in [5.41, 5.74) is 2.43. The Balaban J connectivity index is 2.43. The van der Waals surface area contributed by atoms with E-state index in [1.165, 1.54) is 0 Å². The van der Waals surface area contributed by atoms with E-state index in [0.29, 0.717) is 5.71 Å². The fourth-order valence-corrected chi connectivity index (χ4v) is 1.38. The number of aliphatic imine (C=N–C) groups is 1. The number of nitrogens with zero attached hydrogens (tertiary/aromatic N) is 1. The molecule has 0 spiro atoms. The number of allylic oxidation sites excluding steroid dienone is 3. The van der Waals surface area contributed by atoms with E-state index in [2.05, 4.69) is 10.3 Å². The maximum absolute atomic E-state index is 10.8. The van der Waals surface area contributed by atoms with E-state index >= 15 is 0 Å². The lowest BCUT2D eigenvalue weighted by Gasteiger charge is -2.12. The van der Waals surface area contributed by atoms with Crippen molar-refractivity contribution in [2.24, 2.45) is 4.99 Å². The molecule has 0 aromatic rings. The van der Waals surface area contributed by atoms with Gasteiger partial charge in [-0.3, -0.25) is 0 Å². The van der Waals surface area contributed by atoms with E-state index in [0.717, 1.165) is 11.3 Å². The lowest BCUT2D eigenvalue weighted by atomic mass is 10.0. The van der Waals surface area contributed by atoms with E-state index in [1.807, 2.05) is 13.0 Å². The van der Waals surface area contributed by atoms with Gasteiger partial charge in [-0.05, 0) is 24.6 Å². The molecule has 1 heterocycles. The third-order valence-corrected chi connectivity index (χ3v) is 2.32. The van der Waals surface area contributed by atoms with Crippen LogP contribution in [0.4, 0.5) is 4.79 Å². The molecule has 2 aliphatic rings. The minimum absolute atomic E-state index is 0.127. The Kier molecular flexibility index (Phi) is 1.54. The largest absolute Gasteiger partial charge is 0.346 e. The van der Waals surface area contributed by atoms with E-state index in [9.17, 15) is 4.79 Å². The number of alkyl halides is 1. The Morgan fingerprint density at radius 2 is 2.42 bits per heavy atom. The van der Waals surface area contributed by atoms with Crippen LogP contribution in [0.3, 0.4) is 0 Å². The van der Waals surface area contributed by atoms with Crippen molar-refractivity contribution in [2.75, 3.05) is 0 Å². The quantitative estimate of drug-likeness (QED) is 0.568. The predicted octanol–water partition coefficient (Wildman–Crippen LogP) is 1.60. The fourth-order valence-electron chi connectivity index (χ4n) is 1.19. The Labute approximate surface area is 74.8 Å². The summed E-state index contributed by atoms with van der Waals surface area (Å²) in [6.07, 6.45) is 3.62. The number of hydrogen-bond donors (Lipinski definition) is 1. The van der Waals surface area contributed by atoms with Crippen molar-refractivity contribution in [3.8, 4) is 0 Å². The highest BCUT2D eigenvalue weighted by Crippen LogP contribution is 2.21. The first-order valence-electron chi connectivity index (χ1n) is 3.61. The Morgan fingerprint density at radius 1 is 1.67 bits per heavy atom. The first-order chi connectivity index (χ1) is 5.66. The Hall–Kier alpha value is -1.09. The molecular weight excluding hydrogens is 176 g/mol. The molecule has 62 valence electrons. The van der Waals surface area contributed by atoms with E-state index in [4.69, 9.17) is 11.6 Å². The van der Waals surface area contributed by atoms with Crippen molar-refractivity contribution in [2.45, 2.75) is 12.3 Å². The van der Waals surface area contributed by atoms with E-state index in [1.54, 1.807) is 6.08 Å². The van der Waals surface area contributed by atoms with Crippen molar-refractivity contribution in [3.05, 3.63) is 23.4 Å². The molecule has 0 aromatic carbocycles. The van der Waals surface area contributed by atoms with Gasteiger partial charge in [0.2, 0.25) is 0 Å². The molecule has 0 bridgehead atoms. The van der Waals surface area contributed by atoms with Gasteiger partial charge in [0, 0.05) is 0 Å². The molecule has 1 unspecified atom stereocenters. The first kappa shape index (κ1) is 7.55. The molecule has 3 nitrogen and oxygen atoms in total. The monoisotopic (exact) mass is 182 g/mol. The third-order valence-electron chi connectivity index (χ3n) is 1.85. The fraction of sp³-hybridized carbons (Fsp3) is 0.250. The highest BCUT2D eigenvalue weighted by molar-refractivity contribution is 6.27. The number of amides is 2. The van der Waals surface area contributed by atoms with Gasteiger partial charge < -0.3 is 5.32 Å². The van der Waals surface area contributed by atoms with Gasteiger partial charge in [-0.1, -0.05) is 0 Å². The van der Waals surface area contributed by atoms with Gasteiger partial charge >= 0.3 is 6.03 Å². The van der Waals surface area contributed by atoms with Gasteiger partial charge in [0.05, 0.1) is 16.8 Å². The highest BCUT2D eigenvalue weighted by atomic mass is 35.5. The van der Waals surface area contributed by atoms with Gasteiger partial charge in [0.25, 0.3) is 0 Å². The molecule has 2 amide bonds. The summed E-state index contributed by atoms with van der Waals surface area (Å²) in [5, 5.41) is 2.47. The molecule has 0 aromatic heterocycles. The molecule has 12 heavy (non-hydrogen) atoms. The number of halogens is 1. The minimum Gasteiger partial charge on any atom is -0.304 e. The average Bonchev–Trinajstić information content (AvgIpc) is 2.30. The maximum Gasteiger partial charge on any atom is 0.346 e. The van der Waals surface area contributed by atoms with Crippen LogP contribution in [-0.4, -0.2) is 17.1 Å². The topological polar surface area (TPSA) is 41.5 Å². The summed E-state index contributed by atoms with van der Waals surface area (Å²) >= 11 is 5.93. The smallest absolute Gasteiger partial charge is 0.304 e. The maximum atomic E-state index is 10.8. The summed E-state index contributed by atoms with van der Waals surface area (Å²) in [4.78, 5) is 14.6. The molecule has 1 aliphatic carbocycles. The molecule has 0 saturated carbocycles. The number of nitrogens with one attached hydrogen (secondary N) is 1. The molecule has 2 rings (SSSR count). The van der Waals surface area contributed by atoms with Crippen LogP contribution in [0.2, 0.25) is 0 Å². The Bertz CT molecular complexity index is 341. The van der Waals surface area contributed by atoms with Crippen LogP contribution in [0.5, 0.6) is 0 Å². The van der Waals surface area contributed by atoms with Crippen molar-refractivity contribution >= 4 is 23.3 Å². The predicted molar refractivity (Wildman–Crippen MR) is 47.4 cm³/mol. The normalized spacial score (nSPS) is 27.0. The lowest BCUT2D eigenvalue weighted by Crippen LogP contribution is -2.19. The van der Waals surface area contributed by atoms with Crippen LogP contribution in [0.1, 0.15) is 6.92 Å². The molecule has 0 fully saturated rings. The Morgan fingerprint density at radius 3 is 3.17 bits per heavy atom. The number of hydrogen-bond acceptors (Lipinski definition) is 1. The van der Waals surface area contributed by atoms with Crippen LogP contribution in [0.15, 0.2) is 28.4 Å². The second-order valence-electron chi connectivity index (χ2n) is 2.80. The minimum atomic E-state index is -0.314. The SMILES string of the molecule is CC1=CC2=NC(=O)NC2=CC1Cl. The van der Waals surface area contributed by atoms with Gasteiger partial charge in [0.1, 0.15) is 0 Å². The molecule has 0 radical (unpaired) electrons. The molecule has 1 atom stereocenters. The molecular formula is C8H7ClN2O. The number of carbonyl (C=O) groups excluding carboxylic acids is 1. The highest BCUT2D eigenvalue weighted by Gasteiger charge is 2.23. The van der Waals surface area contributed by atoms with Crippen LogP contribution in [-0.2, 0) is 0 Å². The van der Waals surface area contributed by atoms with Crippen LogP contribution in [0.25, 0.3) is 0 Å². The zero-order valence-corrected chi connectivity index (χ0v) is 7.22. The number of carbonyl (C=O) groups is 1. The van der Waals surface area contributed by atoms with Crippen molar-refractivity contribution in [1.29, 1.82) is 0 Å². The van der Waals surface area contributed by atoms with Gasteiger partial charge in [0.15, 0.2) is 0 Å². The third kappa shape index (κ3) is 1.06. The molecule has 1 N–H and O–H groups in total. The molecule has 1 aliphatic heterocycles. The zero-order chi connectivity index (χ0) is 8.72. The summed E-state index contributed by atoms with van der Waals surface area (Å²) in [6, 6.07) is -0.314. The number of fused-ring (bicyclic) bond motifs is 1. The summed E-state index contributed by atoms with van der Waals surface area (Å²) in [7, 11) is 0. The summed E-state index contributed by atoms with van der Waals surface area (Å²) < 4.78 is 0. The average molecular weight is 183 g/mol. The number of rotatable bonds is 0. The number of urea groups is 1. The zero-order valence-electron chi connectivity index (χ0n) is 6.47. The first-order valence-corrected chi connectivity index (χ1v) is 4.04. The standard InChI is InChI=1S/C8H7ClN2O/c1-4-2-6-7(3-5(4)9)11-8(12)10-6/h2-3,5H,1H3,(H,11,12). The van der Waals surface area contributed by atoms with Gasteiger partial charge in [-0.15, -0.1) is 11.6 Å². The van der Waals surface area contributed by atoms with Crippen molar-refractivity contribution in [1.82, 2.24) is 5.32 Å². The van der Waals surface area contributed by atoms with Gasteiger partial charge in [-0.2, -0.15) is 4.99 Å². The van der Waals surface area contributed by atoms with Crippen LogP contribution >= 0.6 is 11.6 Å². The van der Waals surface area contributed by atoms with Crippen LogP contribution in [0, 0.1) is 0 Å². The van der Waals surface area contributed by atoms with Crippen molar-refractivity contribution in [3.63, 3.8) is 0 Å². The second kappa shape index (κ2) is 2.45. The summed E-state index contributed by atoms with van der Waals surface area (Å²) in [5.74, 6) is 0. The van der Waals surface area contributed by atoms with E-state index < -0.39 is 0 Å². The van der Waals surface area contributed by atoms with E-state index in [-0.39, 0.29) is 11.4 Å².